The second kappa shape index (κ2) is 7.64. The number of carbonyl (C=O) groups is 2. The molecule has 0 unspecified atom stereocenters. The van der Waals surface area contributed by atoms with Crippen molar-refractivity contribution < 1.29 is 19.8 Å². The van der Waals surface area contributed by atoms with Crippen LogP contribution in [0, 0.1) is 0 Å². The third kappa shape index (κ3) is 6.27. The summed E-state index contributed by atoms with van der Waals surface area (Å²) < 4.78 is 0. The summed E-state index contributed by atoms with van der Waals surface area (Å²) in [5.41, 5.74) is 0.685. The number of aliphatic hydroxyl groups excluding tert-OH is 1. The van der Waals surface area contributed by atoms with Crippen LogP contribution in [0.3, 0.4) is 0 Å². The van der Waals surface area contributed by atoms with Crippen LogP contribution >= 0.6 is 0 Å². The summed E-state index contributed by atoms with van der Waals surface area (Å²) in [7, 11) is 0. The van der Waals surface area contributed by atoms with Crippen molar-refractivity contribution in [2.45, 2.75) is 38.3 Å². The van der Waals surface area contributed by atoms with Gasteiger partial charge in [-0.25, -0.2) is 9.59 Å². The molecule has 6 nitrogen and oxygen atoms in total. The van der Waals surface area contributed by atoms with Crippen LogP contribution in [0.5, 0.6) is 0 Å². The van der Waals surface area contributed by atoms with Gasteiger partial charge in [0.25, 0.3) is 0 Å². The van der Waals surface area contributed by atoms with Crippen LogP contribution in [0.1, 0.15) is 25.8 Å². The highest BCUT2D eigenvalue weighted by Crippen LogP contribution is 2.13. The van der Waals surface area contributed by atoms with Crippen LogP contribution in [0.25, 0.3) is 0 Å². The molecule has 0 spiro atoms. The number of aliphatic hydroxyl groups is 1. The maximum Gasteiger partial charge on any atom is 0.328 e. The van der Waals surface area contributed by atoms with Crippen LogP contribution in [-0.4, -0.2) is 40.4 Å². The minimum Gasteiger partial charge on any atom is -0.480 e. The molecule has 0 aliphatic heterocycles. The number of carboxylic acids is 1. The van der Waals surface area contributed by atoms with Gasteiger partial charge in [0.1, 0.15) is 0 Å². The van der Waals surface area contributed by atoms with Crippen molar-refractivity contribution in [1.82, 2.24) is 10.6 Å². The number of amides is 2. The lowest BCUT2D eigenvalue weighted by Crippen LogP contribution is -2.53. The Hall–Kier alpha value is -2.08. The summed E-state index contributed by atoms with van der Waals surface area (Å²) in [4.78, 5) is 22.5. The first-order valence-corrected chi connectivity index (χ1v) is 6.80. The van der Waals surface area contributed by atoms with Gasteiger partial charge in [-0.05, 0) is 32.3 Å². The lowest BCUT2D eigenvalue weighted by Gasteiger charge is -2.27. The number of aryl methyl sites for hydroxylation is 1. The van der Waals surface area contributed by atoms with Crippen LogP contribution in [0.4, 0.5) is 4.79 Å². The molecule has 0 radical (unpaired) electrons. The zero-order valence-electron chi connectivity index (χ0n) is 12.3. The Bertz CT molecular complexity index is 474. The smallest absolute Gasteiger partial charge is 0.328 e. The number of aliphatic carboxylic acids is 1. The Balaban J connectivity index is 2.47. The standard InChI is InChI=1S/C15H22N2O4/c1-15(2,9-8-11-6-4-3-5-7-11)17-14(21)16-12(10-18)13(19)20/h3-7,12,18H,8-10H2,1-2H3,(H,19,20)(H2,16,17,21)/t12-/m0/s1. The van der Waals surface area contributed by atoms with Crippen molar-refractivity contribution in [2.75, 3.05) is 6.61 Å². The monoisotopic (exact) mass is 294 g/mol. The Labute approximate surface area is 124 Å². The lowest BCUT2D eigenvalue weighted by molar-refractivity contribution is -0.140. The van der Waals surface area contributed by atoms with Crippen LogP contribution < -0.4 is 10.6 Å². The van der Waals surface area contributed by atoms with E-state index in [4.69, 9.17) is 10.2 Å². The zero-order valence-corrected chi connectivity index (χ0v) is 12.3. The Morgan fingerprint density at radius 1 is 1.24 bits per heavy atom. The van der Waals surface area contributed by atoms with Gasteiger partial charge >= 0.3 is 12.0 Å². The molecule has 0 saturated carbocycles. The molecule has 0 fully saturated rings. The topological polar surface area (TPSA) is 98.7 Å². The summed E-state index contributed by atoms with van der Waals surface area (Å²) >= 11 is 0. The summed E-state index contributed by atoms with van der Waals surface area (Å²) in [6.07, 6.45) is 1.51. The number of benzene rings is 1. The quantitative estimate of drug-likeness (QED) is 0.606. The van der Waals surface area contributed by atoms with Gasteiger partial charge in [-0.2, -0.15) is 0 Å². The van der Waals surface area contributed by atoms with Gasteiger partial charge in [0.15, 0.2) is 6.04 Å². The van der Waals surface area contributed by atoms with Crippen LogP contribution in [0.15, 0.2) is 30.3 Å². The molecule has 1 rings (SSSR count). The number of carbonyl (C=O) groups excluding carboxylic acids is 1. The highest BCUT2D eigenvalue weighted by molar-refractivity contribution is 5.82. The molecule has 1 aromatic carbocycles. The molecule has 0 saturated heterocycles. The van der Waals surface area contributed by atoms with Crippen LogP contribution in [-0.2, 0) is 11.2 Å². The number of carboxylic acid groups (broad SMARTS) is 1. The maximum atomic E-state index is 11.7. The van der Waals surface area contributed by atoms with E-state index in [-0.39, 0.29) is 0 Å². The van der Waals surface area contributed by atoms with E-state index in [2.05, 4.69) is 10.6 Å². The molecule has 21 heavy (non-hydrogen) atoms. The third-order valence-electron chi connectivity index (χ3n) is 3.12. The van der Waals surface area contributed by atoms with E-state index < -0.39 is 30.2 Å². The first-order valence-electron chi connectivity index (χ1n) is 6.80. The molecule has 0 bridgehead atoms. The predicted molar refractivity (Wildman–Crippen MR) is 79.0 cm³/mol. The van der Waals surface area contributed by atoms with Crippen molar-refractivity contribution in [3.05, 3.63) is 35.9 Å². The highest BCUT2D eigenvalue weighted by Gasteiger charge is 2.24. The van der Waals surface area contributed by atoms with E-state index in [1.807, 2.05) is 44.2 Å². The number of nitrogens with one attached hydrogen (secondary N) is 2. The maximum absolute atomic E-state index is 11.7. The highest BCUT2D eigenvalue weighted by atomic mass is 16.4. The van der Waals surface area contributed by atoms with E-state index in [1.54, 1.807) is 0 Å². The first kappa shape index (κ1) is 17.0. The van der Waals surface area contributed by atoms with Crippen molar-refractivity contribution in [3.63, 3.8) is 0 Å². The van der Waals surface area contributed by atoms with Gasteiger partial charge in [0.2, 0.25) is 0 Å². The van der Waals surface area contributed by atoms with Crippen molar-refractivity contribution in [2.24, 2.45) is 0 Å². The average molecular weight is 294 g/mol. The fraction of sp³-hybridized carbons (Fsp3) is 0.467. The third-order valence-corrected chi connectivity index (χ3v) is 3.12. The normalized spacial score (nSPS) is 12.5. The molecule has 1 aromatic rings. The summed E-state index contributed by atoms with van der Waals surface area (Å²) in [6, 6.07) is 8.00. The number of urea groups is 1. The second-order valence-corrected chi connectivity index (χ2v) is 5.54. The predicted octanol–water partition coefficient (Wildman–Crippen LogP) is 1.14. The van der Waals surface area contributed by atoms with Gasteiger partial charge in [-0.3, -0.25) is 0 Å². The summed E-state index contributed by atoms with van der Waals surface area (Å²) in [5.74, 6) is -1.27. The fourth-order valence-corrected chi connectivity index (χ4v) is 1.85. The van der Waals surface area contributed by atoms with Crippen molar-refractivity contribution in [1.29, 1.82) is 0 Å². The number of hydrogen-bond acceptors (Lipinski definition) is 3. The molecule has 6 heteroatoms. The molecule has 4 N–H and O–H groups in total. The Morgan fingerprint density at radius 2 is 1.86 bits per heavy atom. The molecule has 0 aliphatic carbocycles. The largest absolute Gasteiger partial charge is 0.480 e. The molecular formula is C15H22N2O4. The number of rotatable bonds is 7. The summed E-state index contributed by atoms with van der Waals surface area (Å²) in [6.45, 7) is 3.08. The van der Waals surface area contributed by atoms with Crippen molar-refractivity contribution in [3.8, 4) is 0 Å². The Kier molecular flexibility index (Phi) is 6.17. The van der Waals surface area contributed by atoms with E-state index in [0.717, 1.165) is 6.42 Å². The van der Waals surface area contributed by atoms with Crippen molar-refractivity contribution >= 4 is 12.0 Å². The average Bonchev–Trinajstić information content (AvgIpc) is 2.43. The molecule has 116 valence electrons. The minimum absolute atomic E-state index is 0.488. The molecule has 1 atom stereocenters. The van der Waals surface area contributed by atoms with Crippen LogP contribution in [0.2, 0.25) is 0 Å². The van der Waals surface area contributed by atoms with Gasteiger partial charge in [0, 0.05) is 5.54 Å². The van der Waals surface area contributed by atoms with E-state index in [1.165, 1.54) is 5.56 Å². The molecule has 0 aliphatic rings. The SMILES string of the molecule is CC(C)(CCc1ccccc1)NC(=O)N[C@@H](CO)C(=O)O. The molecule has 2 amide bonds. The van der Waals surface area contributed by atoms with Gasteiger partial charge in [-0.15, -0.1) is 0 Å². The first-order chi connectivity index (χ1) is 9.84. The Morgan fingerprint density at radius 3 is 2.38 bits per heavy atom. The zero-order chi connectivity index (χ0) is 15.9. The molecule has 0 heterocycles. The fourth-order valence-electron chi connectivity index (χ4n) is 1.85. The molecule has 0 aromatic heterocycles. The lowest BCUT2D eigenvalue weighted by atomic mass is 9.95. The second-order valence-electron chi connectivity index (χ2n) is 5.54. The van der Waals surface area contributed by atoms with Gasteiger partial charge < -0.3 is 20.8 Å². The minimum atomic E-state index is -1.30. The number of hydrogen-bond donors (Lipinski definition) is 4. The van der Waals surface area contributed by atoms with Gasteiger partial charge in [0.05, 0.1) is 6.61 Å². The van der Waals surface area contributed by atoms with E-state index >= 15 is 0 Å². The van der Waals surface area contributed by atoms with E-state index in [9.17, 15) is 9.59 Å². The summed E-state index contributed by atoms with van der Waals surface area (Å²) in [5, 5.41) is 22.6. The molecular weight excluding hydrogens is 272 g/mol. The van der Waals surface area contributed by atoms with Gasteiger partial charge in [-0.1, -0.05) is 30.3 Å². The van der Waals surface area contributed by atoms with E-state index in [0.29, 0.717) is 6.42 Å².